The molecule has 1 rings (SSSR count). The number of rotatable bonds is 3. The van der Waals surface area contributed by atoms with Crippen LogP contribution in [0.15, 0.2) is 16.6 Å². The number of benzene rings is 1. The molecule has 0 fully saturated rings. The Balaban J connectivity index is 3.23. The van der Waals surface area contributed by atoms with Crippen LogP contribution in [0.1, 0.15) is 17.3 Å². The second-order valence-corrected chi connectivity index (χ2v) is 3.56. The van der Waals surface area contributed by atoms with Crippen molar-refractivity contribution >= 4 is 27.6 Å². The third kappa shape index (κ3) is 2.41. The van der Waals surface area contributed by atoms with Crippen molar-refractivity contribution in [3.05, 3.63) is 22.2 Å². The van der Waals surface area contributed by atoms with E-state index in [0.29, 0.717) is 28.1 Å². The van der Waals surface area contributed by atoms with Crippen molar-refractivity contribution in [2.24, 2.45) is 0 Å². The van der Waals surface area contributed by atoms with Gasteiger partial charge in [-0.1, -0.05) is 0 Å². The summed E-state index contributed by atoms with van der Waals surface area (Å²) in [5.41, 5.74) is 6.33. The molecular formula is C10H12BrNO3. The predicted molar refractivity (Wildman–Crippen MR) is 61.1 cm³/mol. The summed E-state index contributed by atoms with van der Waals surface area (Å²) in [5, 5.41) is 0. The number of anilines is 1. The number of methoxy groups -OCH3 is 1. The van der Waals surface area contributed by atoms with Gasteiger partial charge in [0.05, 0.1) is 18.2 Å². The van der Waals surface area contributed by atoms with Gasteiger partial charge in [0.2, 0.25) is 0 Å². The quantitative estimate of drug-likeness (QED) is 0.678. The van der Waals surface area contributed by atoms with Gasteiger partial charge in [0.15, 0.2) is 0 Å². The van der Waals surface area contributed by atoms with Gasteiger partial charge in [-0.05, 0) is 35.0 Å². The normalized spacial score (nSPS) is 9.80. The van der Waals surface area contributed by atoms with Crippen LogP contribution in [0.3, 0.4) is 0 Å². The van der Waals surface area contributed by atoms with E-state index in [1.54, 1.807) is 12.1 Å². The fourth-order valence-corrected chi connectivity index (χ4v) is 1.79. The maximum absolute atomic E-state index is 11.4. The van der Waals surface area contributed by atoms with Gasteiger partial charge in [-0.3, -0.25) is 0 Å². The summed E-state index contributed by atoms with van der Waals surface area (Å²) in [5.74, 6) is 0.0908. The third-order valence-corrected chi connectivity index (χ3v) is 2.62. The van der Waals surface area contributed by atoms with Gasteiger partial charge in [-0.2, -0.15) is 0 Å². The molecule has 0 saturated heterocycles. The van der Waals surface area contributed by atoms with E-state index in [1.165, 1.54) is 7.11 Å². The predicted octanol–water partition coefficient (Wildman–Crippen LogP) is 2.22. The number of carbonyl (C=O) groups is 1. The largest absolute Gasteiger partial charge is 0.493 e. The van der Waals surface area contributed by atoms with Crippen molar-refractivity contribution in [1.29, 1.82) is 0 Å². The van der Waals surface area contributed by atoms with Crippen LogP contribution in [0, 0.1) is 0 Å². The molecule has 0 aliphatic rings. The van der Waals surface area contributed by atoms with Gasteiger partial charge in [-0.25, -0.2) is 4.79 Å². The van der Waals surface area contributed by atoms with E-state index in [-0.39, 0.29) is 0 Å². The molecule has 0 unspecified atom stereocenters. The molecule has 4 nitrogen and oxygen atoms in total. The summed E-state index contributed by atoms with van der Waals surface area (Å²) in [6.07, 6.45) is 0. The van der Waals surface area contributed by atoms with E-state index in [9.17, 15) is 4.79 Å². The maximum Gasteiger partial charge on any atom is 0.341 e. The molecule has 0 aliphatic carbocycles. The van der Waals surface area contributed by atoms with Gasteiger partial charge in [0.25, 0.3) is 0 Å². The van der Waals surface area contributed by atoms with E-state index in [4.69, 9.17) is 10.5 Å². The number of ether oxygens (including phenoxy) is 2. The van der Waals surface area contributed by atoms with Crippen molar-refractivity contribution in [3.8, 4) is 5.75 Å². The molecule has 0 atom stereocenters. The minimum Gasteiger partial charge on any atom is -0.493 e. The highest BCUT2D eigenvalue weighted by molar-refractivity contribution is 9.10. The van der Waals surface area contributed by atoms with Crippen molar-refractivity contribution in [2.45, 2.75) is 6.92 Å². The van der Waals surface area contributed by atoms with Gasteiger partial charge in [0, 0.05) is 5.69 Å². The van der Waals surface area contributed by atoms with Crippen LogP contribution in [0.5, 0.6) is 5.75 Å². The number of nitrogen functional groups attached to an aromatic ring is 1. The molecule has 0 aromatic heterocycles. The van der Waals surface area contributed by atoms with E-state index in [2.05, 4.69) is 20.7 Å². The van der Waals surface area contributed by atoms with Crippen LogP contribution in [-0.4, -0.2) is 19.7 Å². The zero-order valence-electron chi connectivity index (χ0n) is 8.54. The molecule has 1 aromatic rings. The van der Waals surface area contributed by atoms with Crippen LogP contribution in [0.25, 0.3) is 0 Å². The van der Waals surface area contributed by atoms with E-state index >= 15 is 0 Å². The van der Waals surface area contributed by atoms with Gasteiger partial charge in [0.1, 0.15) is 11.3 Å². The monoisotopic (exact) mass is 273 g/mol. The SMILES string of the molecule is CCOc1ccc(N)c(C(=O)OC)c1Br. The summed E-state index contributed by atoms with van der Waals surface area (Å²) >= 11 is 3.27. The van der Waals surface area contributed by atoms with Crippen molar-refractivity contribution in [2.75, 3.05) is 19.5 Å². The number of halogens is 1. The Morgan fingerprint density at radius 1 is 1.53 bits per heavy atom. The standard InChI is InChI=1S/C10H12BrNO3/c1-3-15-7-5-4-6(12)8(9(7)11)10(13)14-2/h4-5H,3,12H2,1-2H3. The molecule has 2 N–H and O–H groups in total. The highest BCUT2D eigenvalue weighted by atomic mass is 79.9. The zero-order valence-corrected chi connectivity index (χ0v) is 10.1. The fourth-order valence-electron chi connectivity index (χ4n) is 1.15. The summed E-state index contributed by atoms with van der Waals surface area (Å²) < 4.78 is 10.5. The Hall–Kier alpha value is -1.23. The van der Waals surface area contributed by atoms with Crippen molar-refractivity contribution in [3.63, 3.8) is 0 Å². The number of esters is 1. The molecule has 0 spiro atoms. The molecule has 15 heavy (non-hydrogen) atoms. The van der Waals surface area contributed by atoms with E-state index in [1.807, 2.05) is 6.92 Å². The minimum atomic E-state index is -0.485. The van der Waals surface area contributed by atoms with Crippen LogP contribution in [0.4, 0.5) is 5.69 Å². The zero-order chi connectivity index (χ0) is 11.4. The number of nitrogens with two attached hydrogens (primary N) is 1. The summed E-state index contributed by atoms with van der Waals surface area (Å²) in [7, 11) is 1.31. The minimum absolute atomic E-state index is 0.295. The average Bonchev–Trinajstić information content (AvgIpc) is 2.22. The van der Waals surface area contributed by atoms with Gasteiger partial charge >= 0.3 is 5.97 Å². The third-order valence-electron chi connectivity index (χ3n) is 1.83. The molecule has 0 aliphatic heterocycles. The summed E-state index contributed by atoms with van der Waals surface area (Å²) in [6.45, 7) is 2.38. The van der Waals surface area contributed by atoms with Crippen LogP contribution >= 0.6 is 15.9 Å². The lowest BCUT2D eigenvalue weighted by molar-refractivity contribution is 0.0600. The van der Waals surface area contributed by atoms with Crippen molar-refractivity contribution < 1.29 is 14.3 Å². The molecular weight excluding hydrogens is 262 g/mol. The molecule has 0 bridgehead atoms. The number of hydrogen-bond donors (Lipinski definition) is 1. The lowest BCUT2D eigenvalue weighted by Gasteiger charge is -2.11. The second kappa shape index (κ2) is 5.02. The fraction of sp³-hybridized carbons (Fsp3) is 0.300. The second-order valence-electron chi connectivity index (χ2n) is 2.77. The Morgan fingerprint density at radius 3 is 2.73 bits per heavy atom. The maximum atomic E-state index is 11.4. The molecule has 0 heterocycles. The Labute approximate surface area is 96.5 Å². The Bertz CT molecular complexity index is 379. The molecule has 0 radical (unpaired) electrons. The Morgan fingerprint density at radius 2 is 2.20 bits per heavy atom. The molecule has 1 aromatic carbocycles. The molecule has 5 heteroatoms. The molecule has 0 saturated carbocycles. The first-order valence-corrected chi connectivity index (χ1v) is 5.20. The first-order chi connectivity index (χ1) is 7.11. The lowest BCUT2D eigenvalue weighted by Crippen LogP contribution is -2.08. The number of carbonyl (C=O) groups excluding carboxylic acids is 1. The van der Waals surface area contributed by atoms with Crippen LogP contribution < -0.4 is 10.5 Å². The lowest BCUT2D eigenvalue weighted by atomic mass is 10.1. The summed E-state index contributed by atoms with van der Waals surface area (Å²) in [6, 6.07) is 3.32. The number of hydrogen-bond acceptors (Lipinski definition) is 4. The topological polar surface area (TPSA) is 61.5 Å². The first kappa shape index (κ1) is 11.8. The van der Waals surface area contributed by atoms with Crippen LogP contribution in [0.2, 0.25) is 0 Å². The van der Waals surface area contributed by atoms with Crippen LogP contribution in [-0.2, 0) is 4.74 Å². The van der Waals surface area contributed by atoms with Crippen molar-refractivity contribution in [1.82, 2.24) is 0 Å². The Kier molecular flexibility index (Phi) is 3.96. The highest BCUT2D eigenvalue weighted by Gasteiger charge is 2.17. The smallest absolute Gasteiger partial charge is 0.341 e. The van der Waals surface area contributed by atoms with E-state index < -0.39 is 5.97 Å². The van der Waals surface area contributed by atoms with Gasteiger partial charge < -0.3 is 15.2 Å². The molecule has 0 amide bonds. The highest BCUT2D eigenvalue weighted by Crippen LogP contribution is 2.33. The summed E-state index contributed by atoms with van der Waals surface area (Å²) in [4.78, 5) is 11.4. The molecule has 82 valence electrons. The van der Waals surface area contributed by atoms with E-state index in [0.717, 1.165) is 0 Å². The van der Waals surface area contributed by atoms with Gasteiger partial charge in [-0.15, -0.1) is 0 Å². The first-order valence-electron chi connectivity index (χ1n) is 4.40. The average molecular weight is 274 g/mol.